The zero-order valence-electron chi connectivity index (χ0n) is 13.2. The SMILES string of the molecule is CC1=[C-]C(C)C(C)=C1C.CCCC1=[C-]CC=C1.F.F.[Zr+2]. The Bertz CT molecular complexity index is 390. The van der Waals surface area contributed by atoms with Gasteiger partial charge in [0.05, 0.1) is 0 Å². The fourth-order valence-electron chi connectivity index (χ4n) is 2.05. The maximum atomic E-state index is 3.36. The Hall–Kier alpha value is -0.297. The van der Waals surface area contributed by atoms with Crippen LogP contribution in [0, 0.1) is 18.1 Å². The molecule has 1 atom stereocenters. The maximum absolute atomic E-state index is 3.36. The van der Waals surface area contributed by atoms with Crippen molar-refractivity contribution < 1.29 is 35.6 Å². The Morgan fingerprint density at radius 3 is 2.05 bits per heavy atom. The van der Waals surface area contributed by atoms with Gasteiger partial charge in [-0.25, -0.2) is 17.2 Å². The second-order valence-electron chi connectivity index (χ2n) is 4.86. The first kappa shape index (κ1) is 24.7. The van der Waals surface area contributed by atoms with Crippen LogP contribution in [-0.4, -0.2) is 0 Å². The third-order valence-electron chi connectivity index (χ3n) is 3.52. The standard InChI is InChI=1S/C9H13.C8H11.2FH.Zr/c1-6-5-7(2)9(4)8(6)3;1-2-5-8-6-3-4-7-8;;;/h6H,1-4H3;3,6H,2,4-5H2,1H3;2*1H;/q2*-1;;;+2. The van der Waals surface area contributed by atoms with E-state index in [4.69, 9.17) is 0 Å². The first-order valence-corrected chi connectivity index (χ1v) is 6.60. The van der Waals surface area contributed by atoms with Crippen molar-refractivity contribution in [2.45, 2.75) is 53.9 Å². The van der Waals surface area contributed by atoms with Gasteiger partial charge in [0, 0.05) is 0 Å². The van der Waals surface area contributed by atoms with Crippen molar-refractivity contribution in [2.24, 2.45) is 5.92 Å². The molecule has 0 aromatic rings. The van der Waals surface area contributed by atoms with Crippen LogP contribution in [0.25, 0.3) is 0 Å². The molecule has 0 aliphatic heterocycles. The Labute approximate surface area is 142 Å². The Morgan fingerprint density at radius 1 is 1.20 bits per heavy atom. The van der Waals surface area contributed by atoms with Crippen LogP contribution in [0.3, 0.4) is 0 Å². The predicted octanol–water partition coefficient (Wildman–Crippen LogP) is 5.50. The van der Waals surface area contributed by atoms with E-state index in [1.54, 1.807) is 0 Å². The van der Waals surface area contributed by atoms with E-state index in [0.29, 0.717) is 5.92 Å². The van der Waals surface area contributed by atoms with Crippen molar-refractivity contribution >= 4 is 0 Å². The molecule has 0 N–H and O–H groups in total. The van der Waals surface area contributed by atoms with Gasteiger partial charge in [-0.15, -0.1) is 13.3 Å². The van der Waals surface area contributed by atoms with Gasteiger partial charge in [0.25, 0.3) is 0 Å². The van der Waals surface area contributed by atoms with E-state index in [1.807, 2.05) is 0 Å². The molecule has 0 heterocycles. The zero-order chi connectivity index (χ0) is 12.8. The van der Waals surface area contributed by atoms with Gasteiger partial charge in [-0.05, 0) is 0 Å². The summed E-state index contributed by atoms with van der Waals surface area (Å²) < 4.78 is 0. The molecule has 0 bridgehead atoms. The molecule has 112 valence electrons. The summed E-state index contributed by atoms with van der Waals surface area (Å²) in [4.78, 5) is 0. The molecule has 3 heteroatoms. The molecule has 20 heavy (non-hydrogen) atoms. The van der Waals surface area contributed by atoms with Gasteiger partial charge in [-0.2, -0.15) is 17.2 Å². The monoisotopic (exact) mass is 358 g/mol. The second-order valence-corrected chi connectivity index (χ2v) is 4.86. The summed E-state index contributed by atoms with van der Waals surface area (Å²) in [6.45, 7) is 10.9. The molecule has 0 aromatic carbocycles. The van der Waals surface area contributed by atoms with Crippen LogP contribution in [0.1, 0.15) is 53.9 Å². The molecule has 0 radical (unpaired) electrons. The summed E-state index contributed by atoms with van der Waals surface area (Å²) >= 11 is 0. The zero-order valence-corrected chi connectivity index (χ0v) is 15.6. The summed E-state index contributed by atoms with van der Waals surface area (Å²) in [5.41, 5.74) is 5.64. The molecule has 2 aliphatic carbocycles. The van der Waals surface area contributed by atoms with Crippen LogP contribution >= 0.6 is 0 Å². The Kier molecular flexibility index (Phi) is 15.4. The van der Waals surface area contributed by atoms with Crippen LogP contribution in [-0.2, 0) is 26.2 Å². The molecule has 0 amide bonds. The molecular weight excluding hydrogens is 333 g/mol. The fourth-order valence-corrected chi connectivity index (χ4v) is 2.05. The third-order valence-corrected chi connectivity index (χ3v) is 3.52. The van der Waals surface area contributed by atoms with Crippen molar-refractivity contribution in [3.8, 4) is 0 Å². The van der Waals surface area contributed by atoms with E-state index in [-0.39, 0.29) is 35.6 Å². The smallest absolute Gasteiger partial charge is 0.269 e. The maximum Gasteiger partial charge on any atom is 2.00 e. The summed E-state index contributed by atoms with van der Waals surface area (Å²) in [5.74, 6) is 0.560. The molecule has 2 aliphatic rings. The van der Waals surface area contributed by atoms with E-state index in [9.17, 15) is 0 Å². The van der Waals surface area contributed by atoms with Crippen molar-refractivity contribution in [3.05, 3.63) is 46.6 Å². The number of halogens is 2. The van der Waals surface area contributed by atoms with Gasteiger partial charge >= 0.3 is 26.2 Å². The van der Waals surface area contributed by atoms with E-state index >= 15 is 0 Å². The van der Waals surface area contributed by atoms with Gasteiger partial charge in [-0.1, -0.05) is 46.5 Å². The average Bonchev–Trinajstić information content (AvgIpc) is 2.87. The fraction of sp³-hybridized carbons (Fsp3) is 0.529. The largest absolute Gasteiger partial charge is 2.00 e. The molecule has 0 saturated carbocycles. The summed E-state index contributed by atoms with van der Waals surface area (Å²) in [6, 6.07) is 0. The third kappa shape index (κ3) is 7.48. The minimum atomic E-state index is 0. The molecule has 1 unspecified atom stereocenters. The number of allylic oxidation sites excluding steroid dienone is 8. The first-order chi connectivity index (χ1) is 8.06. The van der Waals surface area contributed by atoms with Gasteiger partial charge in [-0.3, -0.25) is 21.6 Å². The van der Waals surface area contributed by atoms with Crippen LogP contribution in [0.15, 0.2) is 34.4 Å². The van der Waals surface area contributed by atoms with E-state index < -0.39 is 0 Å². The molecule has 0 aromatic heterocycles. The summed E-state index contributed by atoms with van der Waals surface area (Å²) in [6.07, 6.45) is 14.4. The minimum Gasteiger partial charge on any atom is -0.269 e. The number of rotatable bonds is 2. The van der Waals surface area contributed by atoms with Crippen LogP contribution < -0.4 is 0 Å². The summed E-state index contributed by atoms with van der Waals surface area (Å²) in [5, 5.41) is 0. The van der Waals surface area contributed by atoms with Crippen LogP contribution in [0.4, 0.5) is 9.41 Å². The molecule has 0 fully saturated rings. The van der Waals surface area contributed by atoms with E-state index in [2.05, 4.69) is 58.9 Å². The van der Waals surface area contributed by atoms with E-state index in [0.717, 1.165) is 6.42 Å². The van der Waals surface area contributed by atoms with Crippen LogP contribution in [0.2, 0.25) is 0 Å². The average molecular weight is 360 g/mol. The molecular formula is C17H26F2Zr. The molecule has 0 nitrogen and oxygen atoms in total. The molecule has 2 rings (SSSR count). The molecule has 0 spiro atoms. The van der Waals surface area contributed by atoms with Gasteiger partial charge in [0.2, 0.25) is 0 Å². The van der Waals surface area contributed by atoms with Gasteiger partial charge in [0.1, 0.15) is 0 Å². The number of hydrogen-bond donors (Lipinski definition) is 0. The van der Waals surface area contributed by atoms with Crippen molar-refractivity contribution in [2.75, 3.05) is 0 Å². The van der Waals surface area contributed by atoms with Crippen LogP contribution in [0.5, 0.6) is 0 Å². The second kappa shape index (κ2) is 12.4. The van der Waals surface area contributed by atoms with Crippen molar-refractivity contribution in [1.29, 1.82) is 0 Å². The quantitative estimate of drug-likeness (QED) is 0.571. The van der Waals surface area contributed by atoms with Crippen molar-refractivity contribution in [1.82, 2.24) is 0 Å². The van der Waals surface area contributed by atoms with E-state index in [1.165, 1.54) is 35.1 Å². The first-order valence-electron chi connectivity index (χ1n) is 6.60. The minimum absolute atomic E-state index is 0. The Morgan fingerprint density at radius 2 is 1.80 bits per heavy atom. The summed E-state index contributed by atoms with van der Waals surface area (Å²) in [7, 11) is 0. The Balaban J connectivity index is -0.000000252. The predicted molar refractivity (Wildman–Crippen MR) is 80.4 cm³/mol. The number of hydrogen-bond acceptors (Lipinski definition) is 0. The topological polar surface area (TPSA) is 0 Å². The normalized spacial score (nSPS) is 18.9. The van der Waals surface area contributed by atoms with Gasteiger partial charge < -0.3 is 0 Å². The van der Waals surface area contributed by atoms with Gasteiger partial charge in [0.15, 0.2) is 0 Å². The van der Waals surface area contributed by atoms with Crippen molar-refractivity contribution in [3.63, 3.8) is 0 Å². The molecule has 0 saturated heterocycles.